The fourth-order valence-corrected chi connectivity index (χ4v) is 9.15. The summed E-state index contributed by atoms with van der Waals surface area (Å²) in [6.45, 7) is 7.58. The van der Waals surface area contributed by atoms with Gasteiger partial charge in [-0.15, -0.1) is 0 Å². The number of ether oxygens (including phenoxy) is 1. The van der Waals surface area contributed by atoms with E-state index in [0.717, 1.165) is 58.2 Å². The van der Waals surface area contributed by atoms with Crippen LogP contribution in [0.2, 0.25) is 0 Å². The summed E-state index contributed by atoms with van der Waals surface area (Å²) in [7, 11) is 5.43. The smallest absolute Gasteiger partial charge is 0.350 e. The molecule has 2 aromatic carbocycles. The summed E-state index contributed by atoms with van der Waals surface area (Å²) in [4.78, 5) is 60.6. The molecule has 320 valence electrons. The molecule has 0 amide bonds. The van der Waals surface area contributed by atoms with Gasteiger partial charge in [0.1, 0.15) is 17.0 Å². The van der Waals surface area contributed by atoms with Gasteiger partial charge in [0.25, 0.3) is 11.1 Å². The molecule has 4 heterocycles. The molecule has 2 saturated heterocycles. The summed E-state index contributed by atoms with van der Waals surface area (Å²) in [5, 5.41) is 17.8. The third kappa shape index (κ3) is 8.35. The van der Waals surface area contributed by atoms with Crippen LogP contribution in [0, 0.1) is 53.1 Å². The summed E-state index contributed by atoms with van der Waals surface area (Å²) in [5.74, 6) is 5.65. The van der Waals surface area contributed by atoms with E-state index in [-0.39, 0.29) is 28.6 Å². The van der Waals surface area contributed by atoms with Crippen LogP contribution in [0.25, 0.3) is 21.8 Å². The molecule has 4 fully saturated rings. The number of fused-ring (bicyclic) bond motifs is 2. The summed E-state index contributed by atoms with van der Waals surface area (Å²) in [6, 6.07) is 6.77. The van der Waals surface area contributed by atoms with E-state index in [9.17, 15) is 19.2 Å². The van der Waals surface area contributed by atoms with Crippen LogP contribution in [0.15, 0.2) is 31.3 Å². The molecular formula is C42H53F2N11O5. The molecule has 16 nitrogen and oxygen atoms in total. The number of H-pyrrole nitrogens is 1. The quantitative estimate of drug-likeness (QED) is 0.187. The largest absolute Gasteiger partial charge is 0.492 e. The van der Waals surface area contributed by atoms with Crippen LogP contribution in [0.1, 0.15) is 69.0 Å². The van der Waals surface area contributed by atoms with Crippen LogP contribution < -0.4 is 42.9 Å². The number of nitrogens with one attached hydrogen (secondary N) is 1. The van der Waals surface area contributed by atoms with Crippen molar-refractivity contribution in [2.24, 2.45) is 11.8 Å². The van der Waals surface area contributed by atoms with Crippen molar-refractivity contribution in [3.8, 4) is 17.9 Å². The third-order valence-corrected chi connectivity index (χ3v) is 12.3. The second-order valence-electron chi connectivity index (χ2n) is 16.8. The predicted molar refractivity (Wildman–Crippen MR) is 225 cm³/mol. The highest BCUT2D eigenvalue weighted by Crippen LogP contribution is 2.44. The summed E-state index contributed by atoms with van der Waals surface area (Å²) < 4.78 is 39.7. The number of nitriles is 2. The highest BCUT2D eigenvalue weighted by Gasteiger charge is 2.35. The summed E-state index contributed by atoms with van der Waals surface area (Å²) in [6.07, 6.45) is 6.17. The molecule has 0 spiro atoms. The van der Waals surface area contributed by atoms with Crippen molar-refractivity contribution in [1.29, 1.82) is 10.5 Å². The zero-order chi connectivity index (χ0) is 43.0. The molecule has 2 aliphatic carbocycles. The van der Waals surface area contributed by atoms with Crippen molar-refractivity contribution in [3.63, 3.8) is 0 Å². The van der Waals surface area contributed by atoms with Gasteiger partial charge < -0.3 is 30.2 Å². The molecule has 3 N–H and O–H groups in total. The number of aromatic amines is 1. The van der Waals surface area contributed by atoms with Crippen molar-refractivity contribution >= 4 is 33.2 Å². The standard InChI is InChI=1S/C21H27FN6O2.C21H26FN5O3/c1-13-18-16(20(29)28(24)21(30)27(18)15-4-5-15)10-17(22)19(13)26-9-6-14(12-26)11-25(2)8-3-7-23;1-25(8-3-7-23)11-13-6-9-26(12-13)18-16(22)10-15-17(19(18)30-2)27(14-4-5-14)21(29)24-20(15)28/h10,14-15H,3-6,8-9,11-12,24H2,1-2H3;10,13-14H,3-6,8-9,11-12H2,1-2H3,(H,24,28,29). The highest BCUT2D eigenvalue weighted by atomic mass is 19.1. The lowest BCUT2D eigenvalue weighted by Crippen LogP contribution is -2.44. The van der Waals surface area contributed by atoms with E-state index in [2.05, 4.69) is 26.9 Å². The zero-order valence-corrected chi connectivity index (χ0v) is 34.7. The zero-order valence-electron chi connectivity index (χ0n) is 34.7. The van der Waals surface area contributed by atoms with Crippen molar-refractivity contribution in [3.05, 3.63) is 71.0 Å². The average molecular weight is 830 g/mol. The molecule has 0 radical (unpaired) electrons. The first-order valence-electron chi connectivity index (χ1n) is 20.7. The Morgan fingerprint density at radius 2 is 1.32 bits per heavy atom. The number of methoxy groups -OCH3 is 1. The normalized spacial score (nSPS) is 19.0. The van der Waals surface area contributed by atoms with Gasteiger partial charge in [0.05, 0.1) is 41.2 Å². The molecule has 0 bridgehead atoms. The van der Waals surface area contributed by atoms with Gasteiger partial charge >= 0.3 is 11.4 Å². The first kappa shape index (κ1) is 42.4. The Bertz CT molecular complexity index is 2620. The topological polar surface area (TPSA) is 195 Å². The highest BCUT2D eigenvalue weighted by molar-refractivity contribution is 5.91. The number of nitrogen functional groups attached to an aromatic ring is 1. The van der Waals surface area contributed by atoms with E-state index >= 15 is 8.78 Å². The van der Waals surface area contributed by atoms with Gasteiger partial charge in [-0.2, -0.15) is 15.2 Å². The van der Waals surface area contributed by atoms with Crippen molar-refractivity contribution in [1.82, 2.24) is 28.6 Å². The molecule has 60 heavy (non-hydrogen) atoms. The number of nitrogens with zero attached hydrogens (tertiary/aromatic N) is 9. The molecule has 18 heteroatoms. The van der Waals surface area contributed by atoms with Gasteiger partial charge in [0.2, 0.25) is 0 Å². The second kappa shape index (κ2) is 17.5. The van der Waals surface area contributed by atoms with Crippen LogP contribution in [0.4, 0.5) is 20.2 Å². The number of anilines is 2. The molecule has 2 aromatic heterocycles. The molecule has 2 saturated carbocycles. The average Bonchev–Trinajstić information content (AvgIpc) is 4.15. The molecule has 8 rings (SSSR count). The number of aryl methyl sites for hydroxylation is 1. The van der Waals surface area contributed by atoms with E-state index in [1.54, 1.807) is 16.1 Å². The Balaban J connectivity index is 0.000000181. The minimum absolute atomic E-state index is 0.00386. The SMILES string of the molecule is COc1c(N2CCC(CN(C)CCC#N)C2)c(F)cc2c(=O)[nH]c(=O)n(C3CC3)c12.Cc1c(N2CCC(CN(C)CCC#N)C2)c(F)cc2c(=O)n(N)c(=O)n(C3CC3)c12. The molecule has 4 aliphatic rings. The van der Waals surface area contributed by atoms with Gasteiger partial charge in [-0.25, -0.2) is 18.4 Å². The predicted octanol–water partition coefficient (Wildman–Crippen LogP) is 3.18. The third-order valence-electron chi connectivity index (χ3n) is 12.3. The van der Waals surface area contributed by atoms with Gasteiger partial charge in [-0.1, -0.05) is 0 Å². The summed E-state index contributed by atoms with van der Waals surface area (Å²) >= 11 is 0. The van der Waals surface area contributed by atoms with Crippen molar-refractivity contribution < 1.29 is 13.5 Å². The Morgan fingerprint density at radius 1 is 0.800 bits per heavy atom. The Labute approximate surface area is 345 Å². The number of rotatable bonds is 13. The fourth-order valence-electron chi connectivity index (χ4n) is 9.15. The number of benzene rings is 2. The van der Waals surface area contributed by atoms with Crippen LogP contribution in [0.5, 0.6) is 5.75 Å². The second-order valence-corrected chi connectivity index (χ2v) is 16.8. The van der Waals surface area contributed by atoms with Crippen LogP contribution >= 0.6 is 0 Å². The maximum atomic E-state index is 15.2. The van der Waals surface area contributed by atoms with Crippen molar-refractivity contribution in [2.75, 3.05) is 89.2 Å². The van der Waals surface area contributed by atoms with Gasteiger partial charge in [-0.3, -0.25) is 23.7 Å². The Hall–Kier alpha value is -5.72. The number of hydrogen-bond donors (Lipinski definition) is 2. The minimum atomic E-state index is -0.668. The lowest BCUT2D eigenvalue weighted by Gasteiger charge is -2.25. The van der Waals surface area contributed by atoms with Crippen LogP contribution in [0.3, 0.4) is 0 Å². The lowest BCUT2D eigenvalue weighted by atomic mass is 10.1. The number of hydrogen-bond acceptors (Lipinski definition) is 12. The molecule has 2 aliphatic heterocycles. The monoisotopic (exact) mass is 829 g/mol. The van der Waals surface area contributed by atoms with Crippen molar-refractivity contribution in [2.45, 2.75) is 70.4 Å². The van der Waals surface area contributed by atoms with Crippen LogP contribution in [-0.2, 0) is 0 Å². The van der Waals surface area contributed by atoms with E-state index in [0.29, 0.717) is 90.0 Å². The van der Waals surface area contributed by atoms with Gasteiger partial charge in [0.15, 0.2) is 11.6 Å². The van der Waals surface area contributed by atoms with Gasteiger partial charge in [-0.05, 0) is 83.5 Å². The number of nitrogens with two attached hydrogens (primary N) is 1. The lowest BCUT2D eigenvalue weighted by molar-refractivity contribution is 0.292. The first-order chi connectivity index (χ1) is 28.8. The number of aromatic nitrogens is 4. The first-order valence-corrected chi connectivity index (χ1v) is 20.7. The molecule has 2 unspecified atom stereocenters. The molecular weight excluding hydrogens is 777 g/mol. The van der Waals surface area contributed by atoms with Crippen LogP contribution in [-0.4, -0.2) is 102 Å². The minimum Gasteiger partial charge on any atom is -0.492 e. The maximum absolute atomic E-state index is 15.2. The number of halogens is 2. The Kier molecular flexibility index (Phi) is 12.4. The Morgan fingerprint density at radius 3 is 1.85 bits per heavy atom. The van der Waals surface area contributed by atoms with E-state index in [1.807, 2.05) is 23.9 Å². The van der Waals surface area contributed by atoms with E-state index < -0.39 is 34.1 Å². The van der Waals surface area contributed by atoms with Gasteiger partial charge in [0, 0.05) is 82.8 Å². The fraction of sp³-hybridized carbons (Fsp3) is 0.571. The summed E-state index contributed by atoms with van der Waals surface area (Å²) in [5.41, 5.74) is -0.0318. The molecule has 2 atom stereocenters. The molecule has 4 aromatic rings. The maximum Gasteiger partial charge on any atom is 0.350 e. The van der Waals surface area contributed by atoms with E-state index in [1.165, 1.54) is 19.2 Å². The van der Waals surface area contributed by atoms with E-state index in [4.69, 9.17) is 21.1 Å².